The molecule has 0 atom stereocenters. The van der Waals surface area contributed by atoms with Gasteiger partial charge in [-0.2, -0.15) is 0 Å². The van der Waals surface area contributed by atoms with Crippen LogP contribution in [-0.2, 0) is 12.8 Å². The Morgan fingerprint density at radius 2 is 1.30 bits per heavy atom. The molecule has 2 heteroatoms. The van der Waals surface area contributed by atoms with Crippen LogP contribution in [0.2, 0.25) is 0 Å². The zero-order valence-electron chi connectivity index (χ0n) is 17.3. The molecule has 0 spiro atoms. The highest BCUT2D eigenvalue weighted by atomic mass is 14.9. The van der Waals surface area contributed by atoms with Crippen molar-refractivity contribution < 1.29 is 0 Å². The maximum Gasteiger partial charge on any atom is 0.131 e. The number of rotatable bonds is 9. The van der Waals surface area contributed by atoms with E-state index >= 15 is 0 Å². The predicted molar refractivity (Wildman–Crippen MR) is 114 cm³/mol. The maximum atomic E-state index is 4.69. The topological polar surface area (TPSA) is 25.8 Å². The molecule has 1 heterocycles. The Bertz CT molecular complexity index is 652. The summed E-state index contributed by atoms with van der Waals surface area (Å²) in [7, 11) is 0. The predicted octanol–water partition coefficient (Wildman–Crippen LogP) is 6.99. The second kappa shape index (κ2) is 10.6. The summed E-state index contributed by atoms with van der Waals surface area (Å²) in [6, 6.07) is 9.47. The maximum absolute atomic E-state index is 4.69. The van der Waals surface area contributed by atoms with Crippen LogP contribution in [0.3, 0.4) is 0 Å². The third kappa shape index (κ3) is 5.89. The summed E-state index contributed by atoms with van der Waals surface area (Å²) in [5.41, 5.74) is 4.31. The molecule has 2 aromatic rings. The zero-order valence-corrected chi connectivity index (χ0v) is 17.3. The molecule has 1 saturated carbocycles. The van der Waals surface area contributed by atoms with Gasteiger partial charge in [0.15, 0.2) is 0 Å². The van der Waals surface area contributed by atoms with Gasteiger partial charge in [0.25, 0.3) is 0 Å². The first-order valence-corrected chi connectivity index (χ1v) is 11.2. The molecule has 1 fully saturated rings. The SMILES string of the molecule is CCCCCc1ccc(C2CCC(c3ncc(CCCC)cn3)CC2)cc1. The highest BCUT2D eigenvalue weighted by Crippen LogP contribution is 2.39. The summed E-state index contributed by atoms with van der Waals surface area (Å²) in [4.78, 5) is 9.38. The molecule has 0 unspecified atom stereocenters. The van der Waals surface area contributed by atoms with Crippen molar-refractivity contribution in [3.05, 3.63) is 59.2 Å². The lowest BCUT2D eigenvalue weighted by molar-refractivity contribution is 0.385. The van der Waals surface area contributed by atoms with E-state index in [1.807, 2.05) is 0 Å². The summed E-state index contributed by atoms with van der Waals surface area (Å²) < 4.78 is 0. The number of hydrogen-bond donors (Lipinski definition) is 0. The molecule has 27 heavy (non-hydrogen) atoms. The quantitative estimate of drug-likeness (QED) is 0.448. The third-order valence-corrected chi connectivity index (χ3v) is 6.16. The molecule has 0 bridgehead atoms. The van der Waals surface area contributed by atoms with Gasteiger partial charge in [-0.3, -0.25) is 0 Å². The first-order chi connectivity index (χ1) is 13.3. The molecule has 0 aliphatic heterocycles. The molecular formula is C25H36N2. The summed E-state index contributed by atoms with van der Waals surface area (Å²) in [5, 5.41) is 0. The van der Waals surface area contributed by atoms with E-state index in [1.54, 1.807) is 0 Å². The van der Waals surface area contributed by atoms with E-state index in [1.165, 1.54) is 80.9 Å². The molecular weight excluding hydrogens is 328 g/mol. The number of nitrogens with zero attached hydrogens (tertiary/aromatic N) is 2. The zero-order chi connectivity index (χ0) is 18.9. The second-order valence-electron chi connectivity index (χ2n) is 8.30. The van der Waals surface area contributed by atoms with Gasteiger partial charge in [-0.1, -0.05) is 57.4 Å². The standard InChI is InChI=1S/C25H36N2/c1-3-5-7-9-20-10-12-22(13-11-20)23-14-16-24(17-15-23)25-26-18-21(19-27-25)8-6-4-2/h10-13,18-19,23-24H,3-9,14-17H2,1-2H3. The minimum absolute atomic E-state index is 0.551. The number of hydrogen-bond acceptors (Lipinski definition) is 2. The molecule has 1 aromatic heterocycles. The largest absolute Gasteiger partial charge is 0.241 e. The second-order valence-corrected chi connectivity index (χ2v) is 8.30. The lowest BCUT2D eigenvalue weighted by atomic mass is 9.78. The fraction of sp³-hybridized carbons (Fsp3) is 0.600. The molecule has 1 aliphatic rings. The first kappa shape index (κ1) is 20.0. The van der Waals surface area contributed by atoms with Crippen LogP contribution >= 0.6 is 0 Å². The van der Waals surface area contributed by atoms with Crippen molar-refractivity contribution in [1.82, 2.24) is 9.97 Å². The van der Waals surface area contributed by atoms with E-state index in [2.05, 4.69) is 60.5 Å². The Labute approximate surface area is 165 Å². The Morgan fingerprint density at radius 3 is 1.93 bits per heavy atom. The van der Waals surface area contributed by atoms with E-state index in [9.17, 15) is 0 Å². The van der Waals surface area contributed by atoms with Gasteiger partial charge < -0.3 is 0 Å². The van der Waals surface area contributed by atoms with E-state index in [0.29, 0.717) is 5.92 Å². The fourth-order valence-corrected chi connectivity index (χ4v) is 4.31. The molecule has 1 aliphatic carbocycles. The van der Waals surface area contributed by atoms with Crippen molar-refractivity contribution in [1.29, 1.82) is 0 Å². The molecule has 0 amide bonds. The van der Waals surface area contributed by atoms with E-state index in [4.69, 9.17) is 0 Å². The van der Waals surface area contributed by atoms with E-state index in [0.717, 1.165) is 18.2 Å². The normalized spacial score (nSPS) is 19.9. The van der Waals surface area contributed by atoms with Gasteiger partial charge in [0.1, 0.15) is 5.82 Å². The summed E-state index contributed by atoms with van der Waals surface area (Å²) in [5.74, 6) is 2.34. The average molecular weight is 365 g/mol. The number of benzene rings is 1. The molecule has 146 valence electrons. The van der Waals surface area contributed by atoms with Crippen molar-refractivity contribution in [2.75, 3.05) is 0 Å². The smallest absolute Gasteiger partial charge is 0.131 e. The van der Waals surface area contributed by atoms with Gasteiger partial charge in [0.05, 0.1) is 0 Å². The highest BCUT2D eigenvalue weighted by molar-refractivity contribution is 5.26. The Hall–Kier alpha value is -1.70. The lowest BCUT2D eigenvalue weighted by Gasteiger charge is -2.28. The highest BCUT2D eigenvalue weighted by Gasteiger charge is 2.25. The van der Waals surface area contributed by atoms with Crippen LogP contribution in [0.4, 0.5) is 0 Å². The van der Waals surface area contributed by atoms with Crippen molar-refractivity contribution in [2.24, 2.45) is 0 Å². The molecule has 1 aromatic carbocycles. The first-order valence-electron chi connectivity index (χ1n) is 11.2. The number of aromatic nitrogens is 2. The lowest BCUT2D eigenvalue weighted by Crippen LogP contribution is -2.14. The van der Waals surface area contributed by atoms with Gasteiger partial charge in [-0.05, 0) is 74.0 Å². The third-order valence-electron chi connectivity index (χ3n) is 6.16. The van der Waals surface area contributed by atoms with Crippen LogP contribution in [0.25, 0.3) is 0 Å². The minimum atomic E-state index is 0.551. The van der Waals surface area contributed by atoms with Gasteiger partial charge in [0, 0.05) is 18.3 Å². The number of aryl methyl sites for hydroxylation is 2. The van der Waals surface area contributed by atoms with E-state index in [-0.39, 0.29) is 0 Å². The van der Waals surface area contributed by atoms with Crippen LogP contribution in [-0.4, -0.2) is 9.97 Å². The summed E-state index contributed by atoms with van der Waals surface area (Å²) in [6.45, 7) is 4.50. The monoisotopic (exact) mass is 364 g/mol. The van der Waals surface area contributed by atoms with Crippen LogP contribution in [0, 0.1) is 0 Å². The molecule has 0 radical (unpaired) electrons. The fourth-order valence-electron chi connectivity index (χ4n) is 4.31. The van der Waals surface area contributed by atoms with Crippen molar-refractivity contribution >= 4 is 0 Å². The van der Waals surface area contributed by atoms with Crippen LogP contribution in [0.1, 0.15) is 106 Å². The Balaban J connectivity index is 1.49. The van der Waals surface area contributed by atoms with Gasteiger partial charge in [0.2, 0.25) is 0 Å². The van der Waals surface area contributed by atoms with Gasteiger partial charge >= 0.3 is 0 Å². The molecule has 0 N–H and O–H groups in total. The van der Waals surface area contributed by atoms with Crippen LogP contribution in [0.5, 0.6) is 0 Å². The number of unbranched alkanes of at least 4 members (excludes halogenated alkanes) is 3. The molecule has 2 nitrogen and oxygen atoms in total. The van der Waals surface area contributed by atoms with Crippen LogP contribution in [0.15, 0.2) is 36.7 Å². The van der Waals surface area contributed by atoms with Crippen LogP contribution < -0.4 is 0 Å². The molecule has 3 rings (SSSR count). The molecule has 0 saturated heterocycles. The van der Waals surface area contributed by atoms with Crippen molar-refractivity contribution in [2.45, 2.75) is 96.3 Å². The summed E-state index contributed by atoms with van der Waals surface area (Å²) >= 11 is 0. The Morgan fingerprint density at radius 1 is 0.704 bits per heavy atom. The summed E-state index contributed by atoms with van der Waals surface area (Å²) in [6.07, 6.45) is 17.8. The van der Waals surface area contributed by atoms with Gasteiger partial charge in [-0.25, -0.2) is 9.97 Å². The van der Waals surface area contributed by atoms with Gasteiger partial charge in [-0.15, -0.1) is 0 Å². The van der Waals surface area contributed by atoms with E-state index < -0.39 is 0 Å². The average Bonchev–Trinajstić information content (AvgIpc) is 2.73. The minimum Gasteiger partial charge on any atom is -0.241 e. The Kier molecular flexibility index (Phi) is 7.86. The van der Waals surface area contributed by atoms with Crippen molar-refractivity contribution in [3.63, 3.8) is 0 Å². The van der Waals surface area contributed by atoms with Crippen molar-refractivity contribution in [3.8, 4) is 0 Å².